The molecule has 0 bridgehead atoms. The largest absolute Gasteiger partial charge is 0.453 e. The van der Waals surface area contributed by atoms with E-state index in [9.17, 15) is 9.18 Å². The summed E-state index contributed by atoms with van der Waals surface area (Å²) in [4.78, 5) is 16.4. The number of carbonyl (C=O) groups is 1. The van der Waals surface area contributed by atoms with Crippen LogP contribution >= 0.6 is 0 Å². The molecule has 2 heterocycles. The molecular weight excluding hydrogens is 351 g/mol. The minimum atomic E-state index is -0.598. The number of nitrogens with zero attached hydrogens (tertiary/aromatic N) is 6. The maximum atomic E-state index is 13.1. The first kappa shape index (κ1) is 16.6. The number of benzene rings is 2. The summed E-state index contributed by atoms with van der Waals surface area (Å²) in [6.45, 7) is -0.116. The molecule has 134 valence electrons. The second-order valence-electron chi connectivity index (χ2n) is 5.54. The Bertz CT molecular complexity index is 1060. The Kier molecular flexibility index (Phi) is 4.40. The summed E-state index contributed by atoms with van der Waals surface area (Å²) in [7, 11) is 0. The number of carbonyl (C=O) groups excluding carboxylic acids is 1. The van der Waals surface area contributed by atoms with Crippen molar-refractivity contribution in [2.75, 3.05) is 0 Å². The van der Waals surface area contributed by atoms with E-state index in [2.05, 4.69) is 20.5 Å². The van der Waals surface area contributed by atoms with E-state index in [0.717, 1.165) is 5.69 Å². The quantitative estimate of drug-likeness (QED) is 0.505. The second-order valence-corrected chi connectivity index (χ2v) is 5.54. The molecule has 0 atom stereocenters. The van der Waals surface area contributed by atoms with E-state index in [-0.39, 0.29) is 18.1 Å². The third-order valence-corrected chi connectivity index (χ3v) is 3.82. The lowest BCUT2D eigenvalue weighted by atomic mass is 10.3. The summed E-state index contributed by atoms with van der Waals surface area (Å²) in [5, 5.41) is 11.4. The van der Waals surface area contributed by atoms with Crippen molar-refractivity contribution in [3.63, 3.8) is 0 Å². The molecule has 4 aromatic rings. The highest BCUT2D eigenvalue weighted by molar-refractivity contribution is 5.88. The zero-order valence-electron chi connectivity index (χ0n) is 13.9. The smallest absolute Gasteiger partial charge is 0.357 e. The molecule has 0 radical (unpaired) electrons. The van der Waals surface area contributed by atoms with Gasteiger partial charge in [-0.15, -0.1) is 5.10 Å². The van der Waals surface area contributed by atoms with E-state index in [1.807, 2.05) is 30.3 Å². The average molecular weight is 364 g/mol. The second kappa shape index (κ2) is 7.16. The number of esters is 1. The third kappa shape index (κ3) is 3.43. The van der Waals surface area contributed by atoms with E-state index < -0.39 is 5.97 Å². The van der Waals surface area contributed by atoms with Crippen LogP contribution in [-0.2, 0) is 11.3 Å². The maximum absolute atomic E-state index is 13.1. The van der Waals surface area contributed by atoms with Crippen LogP contribution in [0.3, 0.4) is 0 Å². The zero-order valence-corrected chi connectivity index (χ0v) is 13.9. The van der Waals surface area contributed by atoms with Gasteiger partial charge >= 0.3 is 5.97 Å². The van der Waals surface area contributed by atoms with Crippen molar-refractivity contribution in [1.29, 1.82) is 0 Å². The molecule has 9 heteroatoms. The molecule has 0 aliphatic heterocycles. The van der Waals surface area contributed by atoms with Crippen LogP contribution in [0.4, 0.5) is 4.39 Å². The number of tetrazole rings is 1. The lowest BCUT2D eigenvalue weighted by Gasteiger charge is -2.08. The SMILES string of the molecule is O=C(OCc1nnnn1-c1ccccc1)c1cncn1-c1ccc(F)cc1. The predicted octanol–water partition coefficient (Wildman–Crippen LogP) is 2.34. The molecule has 0 amide bonds. The molecule has 4 rings (SSSR count). The average Bonchev–Trinajstić information content (AvgIpc) is 3.37. The Morgan fingerprint density at radius 1 is 1.04 bits per heavy atom. The van der Waals surface area contributed by atoms with Gasteiger partial charge in [0.1, 0.15) is 5.82 Å². The molecule has 0 unspecified atom stereocenters. The Balaban J connectivity index is 1.51. The molecule has 8 nitrogen and oxygen atoms in total. The highest BCUT2D eigenvalue weighted by atomic mass is 19.1. The minimum Gasteiger partial charge on any atom is -0.453 e. The first-order valence-corrected chi connectivity index (χ1v) is 8.00. The first-order chi connectivity index (χ1) is 13.2. The summed E-state index contributed by atoms with van der Waals surface area (Å²) < 4.78 is 21.5. The van der Waals surface area contributed by atoms with Crippen LogP contribution in [0, 0.1) is 5.82 Å². The zero-order chi connectivity index (χ0) is 18.6. The van der Waals surface area contributed by atoms with Crippen molar-refractivity contribution in [2.45, 2.75) is 6.61 Å². The fourth-order valence-electron chi connectivity index (χ4n) is 2.52. The van der Waals surface area contributed by atoms with Gasteiger partial charge < -0.3 is 4.74 Å². The number of aromatic nitrogens is 6. The number of imidazole rings is 1. The van der Waals surface area contributed by atoms with Gasteiger partial charge in [-0.05, 0) is 46.8 Å². The fourth-order valence-corrected chi connectivity index (χ4v) is 2.52. The molecule has 2 aromatic heterocycles. The van der Waals surface area contributed by atoms with E-state index >= 15 is 0 Å². The lowest BCUT2D eigenvalue weighted by Crippen LogP contribution is -2.13. The number of hydrogen-bond acceptors (Lipinski definition) is 6. The normalized spacial score (nSPS) is 10.7. The Morgan fingerprint density at radius 2 is 1.81 bits per heavy atom. The van der Waals surface area contributed by atoms with Crippen LogP contribution < -0.4 is 0 Å². The molecule has 0 spiro atoms. The monoisotopic (exact) mass is 364 g/mol. The molecule has 0 saturated carbocycles. The predicted molar refractivity (Wildman–Crippen MR) is 91.8 cm³/mol. The number of hydrogen-bond donors (Lipinski definition) is 0. The molecular formula is C18H13FN6O2. The number of ether oxygens (including phenoxy) is 1. The van der Waals surface area contributed by atoms with Crippen LogP contribution in [0.2, 0.25) is 0 Å². The topological polar surface area (TPSA) is 87.7 Å². The number of halogens is 1. The van der Waals surface area contributed by atoms with Crippen molar-refractivity contribution in [2.24, 2.45) is 0 Å². The van der Waals surface area contributed by atoms with Gasteiger partial charge in [0.25, 0.3) is 0 Å². The van der Waals surface area contributed by atoms with Crippen molar-refractivity contribution in [3.8, 4) is 11.4 Å². The van der Waals surface area contributed by atoms with Crippen molar-refractivity contribution < 1.29 is 13.9 Å². The number of para-hydroxylation sites is 1. The van der Waals surface area contributed by atoms with Crippen LogP contribution in [0.5, 0.6) is 0 Å². The molecule has 0 aliphatic rings. The standard InChI is InChI=1S/C18H13FN6O2/c19-13-6-8-14(9-7-13)24-12-20-10-16(24)18(26)27-11-17-21-22-23-25(17)15-4-2-1-3-5-15/h1-10,12H,11H2. The third-order valence-electron chi connectivity index (χ3n) is 3.82. The molecule has 0 N–H and O–H groups in total. The van der Waals surface area contributed by atoms with Crippen molar-refractivity contribution >= 4 is 5.97 Å². The first-order valence-electron chi connectivity index (χ1n) is 8.00. The van der Waals surface area contributed by atoms with Crippen LogP contribution in [-0.4, -0.2) is 35.7 Å². The Labute approximate surface area is 152 Å². The number of rotatable bonds is 5. The van der Waals surface area contributed by atoms with E-state index in [1.165, 1.54) is 33.9 Å². The minimum absolute atomic E-state index is 0.116. The van der Waals surface area contributed by atoms with Crippen LogP contribution in [0.25, 0.3) is 11.4 Å². The van der Waals surface area contributed by atoms with Gasteiger partial charge in [0.2, 0.25) is 0 Å². The lowest BCUT2D eigenvalue weighted by molar-refractivity contribution is 0.0450. The molecule has 0 saturated heterocycles. The molecule has 0 aliphatic carbocycles. The van der Waals surface area contributed by atoms with Gasteiger partial charge in [-0.1, -0.05) is 18.2 Å². The fraction of sp³-hybridized carbons (Fsp3) is 0.0556. The Hall–Kier alpha value is -3.88. The summed E-state index contributed by atoms with van der Waals surface area (Å²) in [5.41, 5.74) is 1.56. The van der Waals surface area contributed by atoms with Crippen LogP contribution in [0.15, 0.2) is 67.1 Å². The van der Waals surface area contributed by atoms with Crippen molar-refractivity contribution in [1.82, 2.24) is 29.8 Å². The van der Waals surface area contributed by atoms with Gasteiger partial charge in [-0.25, -0.2) is 14.2 Å². The maximum Gasteiger partial charge on any atom is 0.357 e. The molecule has 27 heavy (non-hydrogen) atoms. The summed E-state index contributed by atoms with van der Waals surface area (Å²) in [5.74, 6) is -0.586. The summed E-state index contributed by atoms with van der Waals surface area (Å²) in [6, 6.07) is 15.0. The van der Waals surface area contributed by atoms with Crippen LogP contribution in [0.1, 0.15) is 16.3 Å². The highest BCUT2D eigenvalue weighted by Crippen LogP contribution is 2.14. The summed E-state index contributed by atoms with van der Waals surface area (Å²) >= 11 is 0. The van der Waals surface area contributed by atoms with E-state index in [4.69, 9.17) is 4.74 Å². The van der Waals surface area contributed by atoms with E-state index in [0.29, 0.717) is 11.5 Å². The van der Waals surface area contributed by atoms with Gasteiger partial charge in [-0.2, -0.15) is 4.68 Å². The highest BCUT2D eigenvalue weighted by Gasteiger charge is 2.17. The van der Waals surface area contributed by atoms with Gasteiger partial charge in [0.15, 0.2) is 18.1 Å². The summed E-state index contributed by atoms with van der Waals surface area (Å²) in [6.07, 6.45) is 2.84. The molecule has 2 aromatic carbocycles. The van der Waals surface area contributed by atoms with Crippen molar-refractivity contribution in [3.05, 3.63) is 84.5 Å². The van der Waals surface area contributed by atoms with E-state index in [1.54, 1.807) is 12.1 Å². The van der Waals surface area contributed by atoms with Gasteiger partial charge in [0, 0.05) is 5.69 Å². The van der Waals surface area contributed by atoms with Gasteiger partial charge in [-0.3, -0.25) is 4.57 Å². The Morgan fingerprint density at radius 3 is 2.59 bits per heavy atom. The van der Waals surface area contributed by atoms with Gasteiger partial charge in [0.05, 0.1) is 18.2 Å². The molecule has 0 fully saturated rings.